The Hall–Kier alpha value is -3.48. The molecular weight excluding hydrogens is 364 g/mol. The largest absolute Gasteiger partial charge is 0.353 e. The fourth-order valence-electron chi connectivity index (χ4n) is 3.38. The summed E-state index contributed by atoms with van der Waals surface area (Å²) in [5, 5.41) is 2.95. The maximum absolute atomic E-state index is 12.6. The van der Waals surface area contributed by atoms with Gasteiger partial charge in [-0.05, 0) is 36.2 Å². The summed E-state index contributed by atoms with van der Waals surface area (Å²) in [5.41, 5.74) is 2.64. The Balaban J connectivity index is 1.37. The fraction of sp³-hybridized carbons (Fsp3) is 0.273. The number of carbonyl (C=O) groups excluding carboxylic acids is 1. The van der Waals surface area contributed by atoms with E-state index in [-0.39, 0.29) is 5.91 Å². The van der Waals surface area contributed by atoms with Gasteiger partial charge in [0.05, 0.1) is 0 Å². The van der Waals surface area contributed by atoms with Gasteiger partial charge in [-0.1, -0.05) is 30.3 Å². The molecular formula is C22H24N6O. The number of carbonyl (C=O) groups is 1. The molecule has 0 unspecified atom stereocenters. The van der Waals surface area contributed by atoms with Crippen LogP contribution in [0, 0.1) is 6.92 Å². The average molecular weight is 388 g/mol. The molecule has 3 aromatic rings. The van der Waals surface area contributed by atoms with Crippen LogP contribution in [0.15, 0.2) is 60.9 Å². The van der Waals surface area contributed by atoms with Gasteiger partial charge in [-0.3, -0.25) is 4.79 Å². The molecule has 1 saturated heterocycles. The quantitative estimate of drug-likeness (QED) is 0.724. The molecule has 7 nitrogen and oxygen atoms in total. The third kappa shape index (κ3) is 4.51. The van der Waals surface area contributed by atoms with Crippen molar-refractivity contribution in [1.82, 2.24) is 20.3 Å². The third-order valence-electron chi connectivity index (χ3n) is 5.11. The summed E-state index contributed by atoms with van der Waals surface area (Å²) in [7, 11) is 0. The minimum Gasteiger partial charge on any atom is -0.353 e. The number of nitrogens with zero attached hydrogens (tertiary/aromatic N) is 5. The van der Waals surface area contributed by atoms with Gasteiger partial charge in [0.25, 0.3) is 5.91 Å². The second-order valence-corrected chi connectivity index (χ2v) is 7.01. The summed E-state index contributed by atoms with van der Waals surface area (Å²) in [6, 6.07) is 15.6. The third-order valence-corrected chi connectivity index (χ3v) is 5.11. The minimum absolute atomic E-state index is 0.191. The SMILES string of the molecule is Cc1ccccc1CNC(=O)c1ccnc(N2CCN(c3ccccn3)CC2)n1. The zero-order valence-electron chi connectivity index (χ0n) is 16.5. The Kier molecular flexibility index (Phi) is 5.65. The van der Waals surface area contributed by atoms with Gasteiger partial charge in [-0.2, -0.15) is 0 Å². The van der Waals surface area contributed by atoms with Crippen LogP contribution in [0.1, 0.15) is 21.6 Å². The maximum Gasteiger partial charge on any atom is 0.270 e. The van der Waals surface area contributed by atoms with Crippen LogP contribution in [0.5, 0.6) is 0 Å². The molecule has 1 aliphatic heterocycles. The summed E-state index contributed by atoms with van der Waals surface area (Å²) in [6.45, 7) is 5.76. The van der Waals surface area contributed by atoms with Crippen molar-refractivity contribution in [1.29, 1.82) is 0 Å². The van der Waals surface area contributed by atoms with Gasteiger partial charge in [0, 0.05) is 45.1 Å². The summed E-state index contributed by atoms with van der Waals surface area (Å²) >= 11 is 0. The van der Waals surface area contributed by atoms with Gasteiger partial charge in [-0.15, -0.1) is 0 Å². The molecule has 2 aromatic heterocycles. The van der Waals surface area contributed by atoms with Crippen molar-refractivity contribution in [2.24, 2.45) is 0 Å². The van der Waals surface area contributed by atoms with Gasteiger partial charge < -0.3 is 15.1 Å². The van der Waals surface area contributed by atoms with Crippen molar-refractivity contribution in [2.75, 3.05) is 36.0 Å². The van der Waals surface area contributed by atoms with Crippen molar-refractivity contribution < 1.29 is 4.79 Å². The van der Waals surface area contributed by atoms with Crippen LogP contribution in [0.25, 0.3) is 0 Å². The lowest BCUT2D eigenvalue weighted by Crippen LogP contribution is -2.47. The lowest BCUT2D eigenvalue weighted by Gasteiger charge is -2.35. The number of nitrogens with one attached hydrogen (secondary N) is 1. The van der Waals surface area contributed by atoms with E-state index in [1.807, 2.05) is 55.6 Å². The van der Waals surface area contributed by atoms with E-state index < -0.39 is 0 Å². The van der Waals surface area contributed by atoms with Crippen LogP contribution in [0.3, 0.4) is 0 Å². The molecule has 1 fully saturated rings. The number of aryl methyl sites for hydroxylation is 1. The Bertz CT molecular complexity index is 970. The first-order valence-electron chi connectivity index (χ1n) is 9.77. The molecule has 4 rings (SSSR count). The average Bonchev–Trinajstić information content (AvgIpc) is 2.79. The van der Waals surface area contributed by atoms with Gasteiger partial charge in [0.15, 0.2) is 0 Å². The molecule has 0 radical (unpaired) electrons. The number of pyridine rings is 1. The fourth-order valence-corrected chi connectivity index (χ4v) is 3.38. The van der Waals surface area contributed by atoms with Crippen LogP contribution in [-0.4, -0.2) is 47.0 Å². The summed E-state index contributed by atoms with van der Waals surface area (Å²) < 4.78 is 0. The molecule has 0 aliphatic carbocycles. The standard InChI is InChI=1S/C22H24N6O/c1-17-6-2-3-7-18(17)16-25-21(29)19-9-11-24-22(26-19)28-14-12-27(13-15-28)20-8-4-5-10-23-20/h2-11H,12-16H2,1H3,(H,25,29). The smallest absolute Gasteiger partial charge is 0.270 e. The summed E-state index contributed by atoms with van der Waals surface area (Å²) in [6.07, 6.45) is 3.46. The molecule has 0 atom stereocenters. The molecule has 0 spiro atoms. The predicted molar refractivity (Wildman–Crippen MR) is 113 cm³/mol. The van der Waals surface area contributed by atoms with Gasteiger partial charge in [-0.25, -0.2) is 15.0 Å². The minimum atomic E-state index is -0.191. The Morgan fingerprint density at radius 2 is 1.69 bits per heavy atom. The lowest BCUT2D eigenvalue weighted by molar-refractivity contribution is 0.0945. The number of piperazine rings is 1. The number of benzene rings is 1. The van der Waals surface area contributed by atoms with Crippen molar-refractivity contribution in [3.63, 3.8) is 0 Å². The van der Waals surface area contributed by atoms with Crippen LogP contribution < -0.4 is 15.1 Å². The van der Waals surface area contributed by atoms with Crippen LogP contribution in [0.4, 0.5) is 11.8 Å². The van der Waals surface area contributed by atoms with Crippen LogP contribution in [0.2, 0.25) is 0 Å². The molecule has 7 heteroatoms. The second-order valence-electron chi connectivity index (χ2n) is 7.01. The zero-order chi connectivity index (χ0) is 20.1. The van der Waals surface area contributed by atoms with Gasteiger partial charge in [0.2, 0.25) is 5.95 Å². The van der Waals surface area contributed by atoms with E-state index in [1.165, 1.54) is 0 Å². The maximum atomic E-state index is 12.6. The molecule has 1 aromatic carbocycles. The summed E-state index contributed by atoms with van der Waals surface area (Å²) in [5.74, 6) is 1.38. The Labute approximate surface area is 170 Å². The molecule has 1 amide bonds. The number of rotatable bonds is 5. The van der Waals surface area contributed by atoms with E-state index in [0.717, 1.165) is 43.1 Å². The van der Waals surface area contributed by atoms with Crippen LogP contribution >= 0.6 is 0 Å². The highest BCUT2D eigenvalue weighted by atomic mass is 16.1. The van der Waals surface area contributed by atoms with Crippen molar-refractivity contribution in [3.8, 4) is 0 Å². The monoisotopic (exact) mass is 388 g/mol. The molecule has 0 bridgehead atoms. The number of aromatic nitrogens is 3. The lowest BCUT2D eigenvalue weighted by atomic mass is 10.1. The van der Waals surface area contributed by atoms with Crippen LogP contribution in [-0.2, 0) is 6.54 Å². The van der Waals surface area contributed by atoms with E-state index in [1.54, 1.807) is 12.3 Å². The molecule has 29 heavy (non-hydrogen) atoms. The van der Waals surface area contributed by atoms with E-state index in [4.69, 9.17) is 0 Å². The van der Waals surface area contributed by atoms with Crippen molar-refractivity contribution in [2.45, 2.75) is 13.5 Å². The molecule has 1 aliphatic rings. The predicted octanol–water partition coefficient (Wildman–Crippen LogP) is 2.44. The summed E-state index contributed by atoms with van der Waals surface area (Å²) in [4.78, 5) is 30.2. The van der Waals surface area contributed by atoms with Gasteiger partial charge in [0.1, 0.15) is 11.5 Å². The molecule has 148 valence electrons. The topological polar surface area (TPSA) is 74.2 Å². The van der Waals surface area contributed by atoms with E-state index in [0.29, 0.717) is 18.2 Å². The highest BCUT2D eigenvalue weighted by Gasteiger charge is 2.20. The first kappa shape index (κ1) is 18.9. The van der Waals surface area contributed by atoms with Crippen molar-refractivity contribution in [3.05, 3.63) is 77.7 Å². The molecule has 1 N–H and O–H groups in total. The van der Waals surface area contributed by atoms with Gasteiger partial charge >= 0.3 is 0 Å². The first-order chi connectivity index (χ1) is 14.2. The highest BCUT2D eigenvalue weighted by Crippen LogP contribution is 2.16. The number of hydrogen-bond acceptors (Lipinski definition) is 6. The first-order valence-corrected chi connectivity index (χ1v) is 9.77. The number of hydrogen-bond donors (Lipinski definition) is 1. The Morgan fingerprint density at radius 1 is 0.931 bits per heavy atom. The van der Waals surface area contributed by atoms with E-state index in [2.05, 4.69) is 30.1 Å². The molecule has 3 heterocycles. The second kappa shape index (κ2) is 8.68. The number of amides is 1. The Morgan fingerprint density at radius 3 is 2.45 bits per heavy atom. The van der Waals surface area contributed by atoms with Crippen molar-refractivity contribution >= 4 is 17.7 Å². The molecule has 0 saturated carbocycles. The zero-order valence-corrected chi connectivity index (χ0v) is 16.5. The normalized spacial score (nSPS) is 14.0. The van der Waals surface area contributed by atoms with E-state index >= 15 is 0 Å². The van der Waals surface area contributed by atoms with E-state index in [9.17, 15) is 4.79 Å². The number of anilines is 2. The highest BCUT2D eigenvalue weighted by molar-refractivity contribution is 5.92.